The summed E-state index contributed by atoms with van der Waals surface area (Å²) in [5.74, 6) is -1.19. The molecule has 1 aromatic rings. The van der Waals surface area contributed by atoms with Gasteiger partial charge in [0.2, 0.25) is 5.91 Å². The van der Waals surface area contributed by atoms with Crippen LogP contribution in [0.5, 0.6) is 0 Å². The fraction of sp³-hybridized carbons (Fsp3) is 0.250. The smallest absolute Gasteiger partial charge is 0.328 e. The first-order valence-corrected chi connectivity index (χ1v) is 4.11. The number of rotatable bonds is 4. The van der Waals surface area contributed by atoms with Crippen LogP contribution in [0.1, 0.15) is 5.82 Å². The predicted molar refractivity (Wildman–Crippen MR) is 49.6 cm³/mol. The zero-order chi connectivity index (χ0) is 11.3. The van der Waals surface area contributed by atoms with E-state index in [4.69, 9.17) is 5.11 Å². The van der Waals surface area contributed by atoms with Crippen LogP contribution in [0.25, 0.3) is 0 Å². The van der Waals surface area contributed by atoms with Gasteiger partial charge in [-0.1, -0.05) is 0 Å². The Balaban J connectivity index is 2.37. The van der Waals surface area contributed by atoms with Gasteiger partial charge < -0.3 is 10.4 Å². The Morgan fingerprint density at radius 2 is 2.33 bits per heavy atom. The summed E-state index contributed by atoms with van der Waals surface area (Å²) in [7, 11) is 1.71. The largest absolute Gasteiger partial charge is 0.478 e. The number of hydrogen-bond acceptors (Lipinski definition) is 4. The molecule has 80 valence electrons. The molecule has 1 heterocycles. The Hall–Kier alpha value is -2.18. The first-order chi connectivity index (χ1) is 7.08. The van der Waals surface area contributed by atoms with Gasteiger partial charge in [0.05, 0.1) is 6.54 Å². The van der Waals surface area contributed by atoms with E-state index in [1.165, 1.54) is 11.0 Å². The number of hydrogen-bond donors (Lipinski definition) is 2. The van der Waals surface area contributed by atoms with Gasteiger partial charge in [0, 0.05) is 19.2 Å². The van der Waals surface area contributed by atoms with Gasteiger partial charge in [0.15, 0.2) is 5.82 Å². The zero-order valence-electron chi connectivity index (χ0n) is 8.04. The molecule has 0 saturated heterocycles. The van der Waals surface area contributed by atoms with Crippen LogP contribution in [-0.2, 0) is 23.2 Å². The highest BCUT2D eigenvalue weighted by atomic mass is 16.4. The Kier molecular flexibility index (Phi) is 3.55. The van der Waals surface area contributed by atoms with E-state index in [0.29, 0.717) is 5.82 Å². The van der Waals surface area contributed by atoms with Gasteiger partial charge in [0.1, 0.15) is 6.33 Å². The van der Waals surface area contributed by atoms with Crippen LogP contribution < -0.4 is 5.32 Å². The van der Waals surface area contributed by atoms with E-state index >= 15 is 0 Å². The van der Waals surface area contributed by atoms with Crippen LogP contribution >= 0.6 is 0 Å². The van der Waals surface area contributed by atoms with Crippen LogP contribution in [-0.4, -0.2) is 31.7 Å². The van der Waals surface area contributed by atoms with Gasteiger partial charge in [-0.15, -0.1) is 0 Å². The summed E-state index contributed by atoms with van der Waals surface area (Å²) in [6, 6.07) is 0. The number of nitrogens with zero attached hydrogens (tertiary/aromatic N) is 3. The van der Waals surface area contributed by atoms with Crippen LogP contribution in [0.15, 0.2) is 18.5 Å². The molecular formula is C8H10N4O3. The number of aliphatic carboxylic acids is 1. The molecule has 0 atom stereocenters. The summed E-state index contributed by atoms with van der Waals surface area (Å²) in [5.41, 5.74) is 0. The van der Waals surface area contributed by atoms with Crippen molar-refractivity contribution < 1.29 is 14.7 Å². The molecule has 0 aliphatic rings. The fourth-order valence-corrected chi connectivity index (χ4v) is 0.837. The molecule has 0 fully saturated rings. The van der Waals surface area contributed by atoms with Crippen LogP contribution in [0, 0.1) is 0 Å². The van der Waals surface area contributed by atoms with Crippen molar-refractivity contribution in [1.29, 1.82) is 0 Å². The molecule has 0 unspecified atom stereocenters. The average molecular weight is 210 g/mol. The lowest BCUT2D eigenvalue weighted by Crippen LogP contribution is -2.21. The van der Waals surface area contributed by atoms with E-state index in [9.17, 15) is 9.59 Å². The highest BCUT2D eigenvalue weighted by Crippen LogP contribution is 1.86. The van der Waals surface area contributed by atoms with Crippen molar-refractivity contribution in [2.75, 3.05) is 0 Å². The second-order valence-electron chi connectivity index (χ2n) is 2.72. The fourth-order valence-electron chi connectivity index (χ4n) is 0.837. The summed E-state index contributed by atoms with van der Waals surface area (Å²) >= 11 is 0. The number of aryl methyl sites for hydroxylation is 1. The number of carboxylic acids is 1. The number of aromatic nitrogens is 3. The van der Waals surface area contributed by atoms with Crippen molar-refractivity contribution in [3.8, 4) is 0 Å². The van der Waals surface area contributed by atoms with E-state index in [-0.39, 0.29) is 6.54 Å². The molecule has 0 bridgehead atoms. The molecule has 0 saturated carbocycles. The number of carbonyl (C=O) groups is 2. The van der Waals surface area contributed by atoms with E-state index in [2.05, 4.69) is 15.4 Å². The van der Waals surface area contributed by atoms with E-state index in [1.807, 2.05) is 0 Å². The maximum atomic E-state index is 11.0. The van der Waals surface area contributed by atoms with E-state index in [0.717, 1.165) is 12.2 Å². The molecule has 15 heavy (non-hydrogen) atoms. The highest BCUT2D eigenvalue weighted by molar-refractivity contribution is 5.93. The van der Waals surface area contributed by atoms with Crippen molar-refractivity contribution in [3.05, 3.63) is 24.3 Å². The average Bonchev–Trinajstić information content (AvgIpc) is 2.58. The van der Waals surface area contributed by atoms with Gasteiger partial charge in [-0.05, 0) is 0 Å². The molecule has 1 amide bonds. The lowest BCUT2D eigenvalue weighted by atomic mass is 10.4. The number of carbonyl (C=O) groups excluding carboxylic acids is 1. The molecule has 0 aromatic carbocycles. The van der Waals surface area contributed by atoms with Gasteiger partial charge in [0.25, 0.3) is 0 Å². The third-order valence-electron chi connectivity index (χ3n) is 1.45. The minimum atomic E-state index is -1.17. The summed E-state index contributed by atoms with van der Waals surface area (Å²) in [5, 5.41) is 14.6. The first kappa shape index (κ1) is 10.9. The normalized spacial score (nSPS) is 10.5. The number of amides is 1. The van der Waals surface area contributed by atoms with Crippen molar-refractivity contribution in [3.63, 3.8) is 0 Å². The molecule has 0 radical (unpaired) electrons. The van der Waals surface area contributed by atoms with Gasteiger partial charge in [-0.3, -0.25) is 9.48 Å². The minimum Gasteiger partial charge on any atom is -0.478 e. The third-order valence-corrected chi connectivity index (χ3v) is 1.45. The van der Waals surface area contributed by atoms with E-state index < -0.39 is 11.9 Å². The highest BCUT2D eigenvalue weighted by Gasteiger charge is 2.00. The van der Waals surface area contributed by atoms with Crippen molar-refractivity contribution in [1.82, 2.24) is 20.1 Å². The summed E-state index contributed by atoms with van der Waals surface area (Å²) in [6.07, 6.45) is 3.21. The molecule has 7 nitrogen and oxygen atoms in total. The van der Waals surface area contributed by atoms with Crippen LogP contribution in [0.4, 0.5) is 0 Å². The van der Waals surface area contributed by atoms with Gasteiger partial charge in [-0.2, -0.15) is 5.10 Å². The zero-order valence-corrected chi connectivity index (χ0v) is 8.04. The second kappa shape index (κ2) is 4.89. The standard InChI is InChI=1S/C8H10N4O3/c1-12-5-10-6(11-12)4-9-7(13)2-3-8(14)15/h2-3,5H,4H2,1H3,(H,9,13)(H,14,15)/b3-2+. The minimum absolute atomic E-state index is 0.170. The summed E-state index contributed by atoms with van der Waals surface area (Å²) < 4.78 is 1.51. The molecular weight excluding hydrogens is 200 g/mol. The monoisotopic (exact) mass is 210 g/mol. The lowest BCUT2D eigenvalue weighted by molar-refractivity contribution is -0.131. The molecule has 7 heteroatoms. The van der Waals surface area contributed by atoms with Crippen LogP contribution in [0.3, 0.4) is 0 Å². The number of nitrogens with one attached hydrogen (secondary N) is 1. The first-order valence-electron chi connectivity index (χ1n) is 4.11. The Morgan fingerprint density at radius 3 is 2.87 bits per heavy atom. The quantitative estimate of drug-likeness (QED) is 0.626. The molecule has 0 aliphatic heterocycles. The molecule has 1 rings (SSSR count). The summed E-state index contributed by atoms with van der Waals surface area (Å²) in [4.78, 5) is 25.0. The van der Waals surface area contributed by atoms with Crippen LogP contribution in [0.2, 0.25) is 0 Å². The second-order valence-corrected chi connectivity index (χ2v) is 2.72. The van der Waals surface area contributed by atoms with Crippen molar-refractivity contribution in [2.45, 2.75) is 6.54 Å². The Bertz CT molecular complexity index is 396. The Morgan fingerprint density at radius 1 is 1.60 bits per heavy atom. The molecule has 0 spiro atoms. The van der Waals surface area contributed by atoms with Gasteiger partial charge in [-0.25, -0.2) is 9.78 Å². The van der Waals surface area contributed by atoms with Gasteiger partial charge >= 0.3 is 5.97 Å². The molecule has 0 aliphatic carbocycles. The third kappa shape index (κ3) is 4.03. The maximum absolute atomic E-state index is 11.0. The van der Waals surface area contributed by atoms with Crippen molar-refractivity contribution >= 4 is 11.9 Å². The lowest BCUT2D eigenvalue weighted by Gasteiger charge is -1.96. The maximum Gasteiger partial charge on any atom is 0.328 e. The molecule has 2 N–H and O–H groups in total. The van der Waals surface area contributed by atoms with E-state index in [1.54, 1.807) is 7.05 Å². The molecule has 1 aromatic heterocycles. The Labute approximate surface area is 85.4 Å². The SMILES string of the molecule is Cn1cnc(CNC(=O)/C=C/C(=O)O)n1. The topological polar surface area (TPSA) is 97.1 Å². The predicted octanol–water partition coefficient (Wildman–Crippen LogP) is -0.928. The number of carboxylic acid groups (broad SMARTS) is 1. The summed E-state index contributed by atoms with van der Waals surface area (Å²) in [6.45, 7) is 0.170. The van der Waals surface area contributed by atoms with Crippen molar-refractivity contribution in [2.24, 2.45) is 7.05 Å².